The van der Waals surface area contributed by atoms with E-state index in [4.69, 9.17) is 10.5 Å². The summed E-state index contributed by atoms with van der Waals surface area (Å²) < 4.78 is 59.3. The maximum absolute atomic E-state index is 13.3. The molecule has 2 aromatic rings. The third-order valence-electron chi connectivity index (χ3n) is 3.28. The highest BCUT2D eigenvalue weighted by Crippen LogP contribution is 2.16. The zero-order valence-electron chi connectivity index (χ0n) is 15.0. The Labute approximate surface area is 162 Å². The molecule has 1 heterocycles. The van der Waals surface area contributed by atoms with Crippen LogP contribution in [0.15, 0.2) is 33.0 Å². The van der Waals surface area contributed by atoms with Gasteiger partial charge in [0.25, 0.3) is 5.88 Å². The van der Waals surface area contributed by atoms with Gasteiger partial charge < -0.3 is 26.3 Å². The molecule has 156 valence electrons. The minimum Gasteiger partial charge on any atom is -0.472 e. The van der Waals surface area contributed by atoms with E-state index < -0.39 is 24.5 Å². The Bertz CT molecular complexity index is 888. The number of aromatic nitrogens is 2. The van der Waals surface area contributed by atoms with E-state index in [1.54, 1.807) is 7.85 Å². The van der Waals surface area contributed by atoms with Crippen LogP contribution in [-0.4, -0.2) is 61.0 Å². The molecule has 0 radical (unpaired) electrons. The summed E-state index contributed by atoms with van der Waals surface area (Å²) in [5, 5.41) is 24.5. The van der Waals surface area contributed by atoms with Gasteiger partial charge in [0.1, 0.15) is 26.8 Å². The zero-order valence-corrected chi connectivity index (χ0v) is 15.0. The van der Waals surface area contributed by atoms with Gasteiger partial charge in [-0.15, -0.1) is 0 Å². The summed E-state index contributed by atoms with van der Waals surface area (Å²) in [4.78, 5) is 3.12. The number of amidine groups is 1. The third-order valence-corrected chi connectivity index (χ3v) is 3.28. The molecule has 0 aliphatic rings. The Hall–Kier alpha value is -3.52. The Morgan fingerprint density at radius 3 is 2.76 bits per heavy atom. The summed E-state index contributed by atoms with van der Waals surface area (Å²) in [6.07, 6.45) is -4.46. The molecule has 0 aliphatic heterocycles. The van der Waals surface area contributed by atoms with Gasteiger partial charge in [-0.3, -0.25) is 0 Å². The van der Waals surface area contributed by atoms with Crippen LogP contribution in [0.4, 0.5) is 23.2 Å². The molecule has 2 rings (SSSR count). The minimum absolute atomic E-state index is 0.00429. The molecule has 0 amide bonds. The summed E-state index contributed by atoms with van der Waals surface area (Å²) in [5.74, 6) is -1.16. The number of anilines is 1. The largest absolute Gasteiger partial charge is 0.472 e. The number of nitrogens with two attached hydrogens (primary N) is 1. The highest BCUT2D eigenvalue weighted by Gasteiger charge is 2.26. The van der Waals surface area contributed by atoms with Crippen molar-refractivity contribution >= 4 is 30.8 Å². The standard InChI is InChI=1S/C14H16BF4N7O3/c15-8-5-7(1-2-9(8)16)23-11(24-27)10-12(26-29-25-10)28-4-3-21-13(20)22-6-14(17,18)19/h1-2,5,27H,3-4,6,15H2,(H,23,24)(H3,20,21,22). The molecule has 0 saturated carbocycles. The Balaban J connectivity index is 1.93. The molecule has 0 atom stereocenters. The number of nitrogens with zero attached hydrogens (tertiary/aromatic N) is 4. The summed E-state index contributed by atoms with van der Waals surface area (Å²) in [7, 11) is 1.55. The molecular formula is C14H16BF4N7O3. The van der Waals surface area contributed by atoms with Crippen molar-refractivity contribution in [1.82, 2.24) is 15.6 Å². The van der Waals surface area contributed by atoms with E-state index in [2.05, 4.69) is 35.7 Å². The number of alkyl halides is 3. The number of hydrogen-bond donors (Lipinski definition) is 4. The number of nitrogens with one attached hydrogen (secondary N) is 2. The first-order valence-corrected chi connectivity index (χ1v) is 8.01. The molecule has 0 fully saturated rings. The molecule has 15 heteroatoms. The Kier molecular flexibility index (Phi) is 7.22. The lowest BCUT2D eigenvalue weighted by Gasteiger charge is -2.09. The quantitative estimate of drug-likeness (QED) is 0.0904. The van der Waals surface area contributed by atoms with E-state index in [0.717, 1.165) is 0 Å². The predicted octanol–water partition coefficient (Wildman–Crippen LogP) is -0.440. The summed E-state index contributed by atoms with van der Waals surface area (Å²) in [6, 6.07) is 4.11. The summed E-state index contributed by atoms with van der Waals surface area (Å²) in [6.45, 7) is -1.51. The number of benzene rings is 1. The molecule has 5 N–H and O–H groups in total. The van der Waals surface area contributed by atoms with E-state index in [1.165, 1.54) is 18.2 Å². The third kappa shape index (κ3) is 6.86. The van der Waals surface area contributed by atoms with Gasteiger partial charge in [-0.2, -0.15) is 13.2 Å². The molecule has 29 heavy (non-hydrogen) atoms. The highest BCUT2D eigenvalue weighted by molar-refractivity contribution is 6.32. The number of rotatable bonds is 7. The monoisotopic (exact) mass is 417 g/mol. The van der Waals surface area contributed by atoms with Crippen LogP contribution in [0.25, 0.3) is 0 Å². The van der Waals surface area contributed by atoms with E-state index in [1.807, 2.05) is 0 Å². The van der Waals surface area contributed by atoms with Crippen molar-refractivity contribution in [3.8, 4) is 5.88 Å². The molecule has 1 aromatic carbocycles. The topological polar surface area (TPSA) is 143 Å². The number of aliphatic imine (C=N–C) groups is 1. The average Bonchev–Trinajstić information content (AvgIpc) is 3.12. The second kappa shape index (κ2) is 9.61. The summed E-state index contributed by atoms with van der Waals surface area (Å²) >= 11 is 0. The summed E-state index contributed by atoms with van der Waals surface area (Å²) in [5.41, 5.74) is 5.97. The van der Waals surface area contributed by atoms with Gasteiger partial charge in [0.2, 0.25) is 11.5 Å². The van der Waals surface area contributed by atoms with Gasteiger partial charge >= 0.3 is 6.18 Å². The molecule has 0 spiro atoms. The molecule has 10 nitrogen and oxygen atoms in total. The highest BCUT2D eigenvalue weighted by atomic mass is 19.4. The van der Waals surface area contributed by atoms with Crippen LogP contribution in [0.5, 0.6) is 5.88 Å². The van der Waals surface area contributed by atoms with Gasteiger partial charge in [-0.25, -0.2) is 14.0 Å². The number of ether oxygens (including phenoxy) is 1. The van der Waals surface area contributed by atoms with E-state index in [0.29, 0.717) is 11.2 Å². The van der Waals surface area contributed by atoms with E-state index >= 15 is 0 Å². The lowest BCUT2D eigenvalue weighted by molar-refractivity contribution is -0.118. The van der Waals surface area contributed by atoms with Gasteiger partial charge in [0.05, 0.1) is 6.54 Å². The van der Waals surface area contributed by atoms with Crippen molar-refractivity contribution in [2.24, 2.45) is 15.9 Å². The van der Waals surface area contributed by atoms with Crippen molar-refractivity contribution in [1.29, 1.82) is 0 Å². The van der Waals surface area contributed by atoms with Crippen molar-refractivity contribution in [2.75, 3.05) is 25.0 Å². The van der Waals surface area contributed by atoms with Crippen molar-refractivity contribution in [2.45, 2.75) is 6.18 Å². The predicted molar refractivity (Wildman–Crippen MR) is 96.9 cm³/mol. The van der Waals surface area contributed by atoms with Gasteiger partial charge in [0.15, 0.2) is 5.96 Å². The lowest BCUT2D eigenvalue weighted by Crippen LogP contribution is -2.35. The first kappa shape index (κ1) is 21.8. The molecule has 0 unspecified atom stereocenters. The van der Waals surface area contributed by atoms with Gasteiger partial charge in [-0.05, 0) is 28.5 Å². The van der Waals surface area contributed by atoms with Gasteiger partial charge in [-0.1, -0.05) is 10.6 Å². The minimum atomic E-state index is -4.46. The Morgan fingerprint density at radius 2 is 2.10 bits per heavy atom. The van der Waals surface area contributed by atoms with E-state index in [-0.39, 0.29) is 30.6 Å². The molecule has 0 aliphatic carbocycles. The smallest absolute Gasteiger partial charge is 0.408 e. The zero-order chi connectivity index (χ0) is 21.4. The maximum Gasteiger partial charge on any atom is 0.408 e. The maximum atomic E-state index is 13.3. The van der Waals surface area contributed by atoms with Gasteiger partial charge in [0, 0.05) is 5.69 Å². The first-order chi connectivity index (χ1) is 13.7. The number of oxime groups is 1. The number of halogens is 4. The van der Waals surface area contributed by atoms with Crippen LogP contribution < -0.4 is 26.6 Å². The normalized spacial score (nSPS) is 12.7. The fourth-order valence-electron chi connectivity index (χ4n) is 1.97. The van der Waals surface area contributed by atoms with Crippen molar-refractivity contribution < 1.29 is 32.1 Å². The molecule has 0 saturated heterocycles. The fourth-order valence-corrected chi connectivity index (χ4v) is 1.97. The van der Waals surface area contributed by atoms with Crippen LogP contribution in [0, 0.1) is 5.82 Å². The first-order valence-electron chi connectivity index (χ1n) is 8.01. The number of hydrogen-bond acceptors (Lipinski definition) is 7. The average molecular weight is 417 g/mol. The van der Waals surface area contributed by atoms with Crippen LogP contribution in [0.2, 0.25) is 0 Å². The van der Waals surface area contributed by atoms with Crippen LogP contribution in [0.1, 0.15) is 5.69 Å². The van der Waals surface area contributed by atoms with Crippen LogP contribution >= 0.6 is 0 Å². The molecular weight excluding hydrogens is 401 g/mol. The van der Waals surface area contributed by atoms with Crippen LogP contribution in [0.3, 0.4) is 0 Å². The van der Waals surface area contributed by atoms with E-state index in [9.17, 15) is 22.8 Å². The SMILES string of the molecule is Bc1cc(N/C(=N\O)c2nonc2OCCN/C(N)=N/CC(F)(F)F)ccc1F. The second-order valence-electron chi connectivity index (χ2n) is 5.55. The van der Waals surface area contributed by atoms with Crippen molar-refractivity contribution in [3.05, 3.63) is 29.7 Å². The van der Waals surface area contributed by atoms with Crippen molar-refractivity contribution in [3.63, 3.8) is 0 Å². The van der Waals surface area contributed by atoms with Crippen LogP contribution in [-0.2, 0) is 0 Å². The fraction of sp³-hybridized carbons (Fsp3) is 0.286. The Morgan fingerprint density at radius 1 is 1.34 bits per heavy atom. The lowest BCUT2D eigenvalue weighted by atomic mass is 9.95. The number of guanidine groups is 1. The molecule has 0 bridgehead atoms. The second-order valence-corrected chi connectivity index (χ2v) is 5.55. The molecule has 1 aromatic heterocycles.